The summed E-state index contributed by atoms with van der Waals surface area (Å²) in [4.78, 5) is 27.8. The number of fused-ring (bicyclic) bond motifs is 1. The van der Waals surface area contributed by atoms with Crippen molar-refractivity contribution in [2.24, 2.45) is 0 Å². The van der Waals surface area contributed by atoms with Gasteiger partial charge in [0.05, 0.1) is 23.1 Å². The summed E-state index contributed by atoms with van der Waals surface area (Å²) in [6.07, 6.45) is 3.84. The standard InChI is InChI=1S/C26H21NO4S2/c28-24-23(33-26(32)27(24)16-20-7-4-14-30-20)15-17-10-12-19(13-11-17)31-25(29)22-9-3-6-18-5-1-2-8-21(18)22/h1-3,5-6,8-13,15,20H,4,7,14,16H2/b23-15-. The number of carbonyl (C=O) groups is 2. The molecule has 3 aromatic carbocycles. The number of hydrogen-bond donors (Lipinski definition) is 0. The van der Waals surface area contributed by atoms with Crippen LogP contribution in [0.5, 0.6) is 5.75 Å². The molecule has 7 heteroatoms. The Bertz CT molecular complexity index is 1260. The SMILES string of the molecule is O=C(Oc1ccc(/C=C2\SC(=S)N(CC3CCCO3)C2=O)cc1)c1cccc2ccccc12. The minimum Gasteiger partial charge on any atom is -0.423 e. The summed E-state index contributed by atoms with van der Waals surface area (Å²) >= 11 is 6.71. The van der Waals surface area contributed by atoms with Crippen LogP contribution in [-0.2, 0) is 9.53 Å². The Morgan fingerprint density at radius 1 is 1.12 bits per heavy atom. The van der Waals surface area contributed by atoms with Gasteiger partial charge in [0, 0.05) is 6.61 Å². The van der Waals surface area contributed by atoms with Gasteiger partial charge in [-0.15, -0.1) is 0 Å². The van der Waals surface area contributed by atoms with E-state index >= 15 is 0 Å². The van der Waals surface area contributed by atoms with Crippen LogP contribution in [0.3, 0.4) is 0 Å². The molecule has 1 atom stereocenters. The van der Waals surface area contributed by atoms with Gasteiger partial charge in [-0.2, -0.15) is 0 Å². The molecule has 0 aliphatic carbocycles. The predicted octanol–water partition coefficient (Wildman–Crippen LogP) is 5.44. The Labute approximate surface area is 201 Å². The van der Waals surface area contributed by atoms with Crippen molar-refractivity contribution in [3.8, 4) is 5.75 Å². The van der Waals surface area contributed by atoms with Crippen molar-refractivity contribution in [3.05, 3.63) is 82.8 Å². The van der Waals surface area contributed by atoms with Crippen LogP contribution in [0.1, 0.15) is 28.8 Å². The van der Waals surface area contributed by atoms with Gasteiger partial charge in [0.15, 0.2) is 0 Å². The number of rotatable bonds is 5. The fraction of sp³-hybridized carbons (Fsp3) is 0.192. The first-order valence-electron chi connectivity index (χ1n) is 10.8. The van der Waals surface area contributed by atoms with Crippen molar-refractivity contribution in [1.29, 1.82) is 0 Å². The molecule has 166 valence electrons. The van der Waals surface area contributed by atoms with E-state index in [1.807, 2.05) is 54.6 Å². The molecular formula is C26H21NO4S2. The summed E-state index contributed by atoms with van der Waals surface area (Å²) in [5, 5.41) is 1.84. The number of thiocarbonyl (C=S) groups is 1. The maximum absolute atomic E-state index is 12.8. The normalized spacial score (nSPS) is 19.6. The highest BCUT2D eigenvalue weighted by Crippen LogP contribution is 2.33. The second-order valence-corrected chi connectivity index (χ2v) is 9.59. The van der Waals surface area contributed by atoms with Crippen LogP contribution in [0.4, 0.5) is 0 Å². The molecule has 0 saturated carbocycles. The molecule has 3 aromatic rings. The smallest absolute Gasteiger partial charge is 0.344 e. The third-order valence-electron chi connectivity index (χ3n) is 5.68. The Morgan fingerprint density at radius 2 is 1.91 bits per heavy atom. The number of hydrogen-bond acceptors (Lipinski definition) is 6. The number of ether oxygens (including phenoxy) is 2. The van der Waals surface area contributed by atoms with Gasteiger partial charge in [-0.25, -0.2) is 4.79 Å². The summed E-state index contributed by atoms with van der Waals surface area (Å²) in [6.45, 7) is 1.25. The van der Waals surface area contributed by atoms with E-state index in [0.29, 0.717) is 27.1 Å². The zero-order valence-corrected chi connectivity index (χ0v) is 19.4. The van der Waals surface area contributed by atoms with Crippen LogP contribution in [-0.4, -0.2) is 40.4 Å². The highest BCUT2D eigenvalue weighted by atomic mass is 32.2. The largest absolute Gasteiger partial charge is 0.423 e. The Kier molecular flexibility index (Phi) is 6.26. The topological polar surface area (TPSA) is 55.8 Å². The van der Waals surface area contributed by atoms with Crippen molar-refractivity contribution >= 4 is 57.0 Å². The van der Waals surface area contributed by atoms with E-state index in [9.17, 15) is 9.59 Å². The Morgan fingerprint density at radius 3 is 2.70 bits per heavy atom. The number of thioether (sulfide) groups is 1. The number of carbonyl (C=O) groups excluding carboxylic acids is 2. The van der Waals surface area contributed by atoms with E-state index in [2.05, 4.69) is 0 Å². The molecule has 2 saturated heterocycles. The lowest BCUT2D eigenvalue weighted by molar-refractivity contribution is -0.123. The molecular weight excluding hydrogens is 454 g/mol. The molecule has 0 bridgehead atoms. The van der Waals surface area contributed by atoms with E-state index in [0.717, 1.165) is 35.8 Å². The van der Waals surface area contributed by atoms with Crippen molar-refractivity contribution in [3.63, 3.8) is 0 Å². The molecule has 5 nitrogen and oxygen atoms in total. The van der Waals surface area contributed by atoms with Crippen LogP contribution in [0.2, 0.25) is 0 Å². The van der Waals surface area contributed by atoms with Crippen molar-refractivity contribution in [2.75, 3.05) is 13.2 Å². The van der Waals surface area contributed by atoms with Gasteiger partial charge in [-0.05, 0) is 53.5 Å². The quantitative estimate of drug-likeness (QED) is 0.212. The second-order valence-electron chi connectivity index (χ2n) is 7.91. The molecule has 1 unspecified atom stereocenters. The number of esters is 1. The van der Waals surface area contributed by atoms with Gasteiger partial charge in [0.1, 0.15) is 10.1 Å². The van der Waals surface area contributed by atoms with Crippen molar-refractivity contribution < 1.29 is 19.1 Å². The van der Waals surface area contributed by atoms with E-state index in [1.165, 1.54) is 11.8 Å². The van der Waals surface area contributed by atoms with Crippen LogP contribution in [0.25, 0.3) is 16.8 Å². The molecule has 2 fully saturated rings. The average Bonchev–Trinajstić information content (AvgIpc) is 3.44. The number of nitrogens with zero attached hydrogens (tertiary/aromatic N) is 1. The molecule has 0 N–H and O–H groups in total. The zero-order valence-electron chi connectivity index (χ0n) is 17.7. The first-order valence-corrected chi connectivity index (χ1v) is 12.0. The van der Waals surface area contributed by atoms with Gasteiger partial charge in [0.2, 0.25) is 0 Å². The lowest BCUT2D eigenvalue weighted by Crippen LogP contribution is -2.35. The lowest BCUT2D eigenvalue weighted by atomic mass is 10.0. The van der Waals surface area contributed by atoms with E-state index in [1.54, 1.807) is 23.1 Å². The minimum atomic E-state index is -0.408. The molecule has 0 aromatic heterocycles. The first kappa shape index (κ1) is 21.8. The van der Waals surface area contributed by atoms with Gasteiger partial charge >= 0.3 is 5.97 Å². The van der Waals surface area contributed by atoms with Gasteiger partial charge in [-0.3, -0.25) is 9.69 Å². The van der Waals surface area contributed by atoms with Crippen molar-refractivity contribution in [2.45, 2.75) is 18.9 Å². The van der Waals surface area contributed by atoms with Gasteiger partial charge < -0.3 is 9.47 Å². The third kappa shape index (κ3) is 4.71. The van der Waals surface area contributed by atoms with E-state index in [-0.39, 0.29) is 12.0 Å². The van der Waals surface area contributed by atoms with Gasteiger partial charge in [-0.1, -0.05) is 72.5 Å². The maximum Gasteiger partial charge on any atom is 0.344 e. The molecule has 0 radical (unpaired) electrons. The predicted molar refractivity (Wildman–Crippen MR) is 134 cm³/mol. The molecule has 2 heterocycles. The molecule has 1 amide bonds. The minimum absolute atomic E-state index is 0.0579. The van der Waals surface area contributed by atoms with Crippen LogP contribution in [0, 0.1) is 0 Å². The van der Waals surface area contributed by atoms with Gasteiger partial charge in [0.25, 0.3) is 5.91 Å². The van der Waals surface area contributed by atoms with Crippen LogP contribution in [0.15, 0.2) is 71.6 Å². The summed E-state index contributed by atoms with van der Waals surface area (Å²) in [6, 6.07) is 20.4. The summed E-state index contributed by atoms with van der Waals surface area (Å²) in [5.74, 6) is -0.0578. The summed E-state index contributed by atoms with van der Waals surface area (Å²) in [7, 11) is 0. The fourth-order valence-electron chi connectivity index (χ4n) is 4.00. The molecule has 5 rings (SSSR count). The first-order chi connectivity index (χ1) is 16.1. The van der Waals surface area contributed by atoms with E-state index < -0.39 is 5.97 Å². The van der Waals surface area contributed by atoms with E-state index in [4.69, 9.17) is 21.7 Å². The number of benzene rings is 3. The second kappa shape index (κ2) is 9.47. The maximum atomic E-state index is 12.8. The molecule has 2 aliphatic heterocycles. The molecule has 33 heavy (non-hydrogen) atoms. The molecule has 2 aliphatic rings. The Hall–Kier alpha value is -3.00. The zero-order chi connectivity index (χ0) is 22.8. The fourth-order valence-corrected chi connectivity index (χ4v) is 5.27. The Balaban J connectivity index is 1.27. The average molecular weight is 476 g/mol. The highest BCUT2D eigenvalue weighted by molar-refractivity contribution is 8.26. The van der Waals surface area contributed by atoms with Crippen LogP contribution >= 0.6 is 24.0 Å². The molecule has 0 spiro atoms. The summed E-state index contributed by atoms with van der Waals surface area (Å²) < 4.78 is 11.8. The lowest BCUT2D eigenvalue weighted by Gasteiger charge is -2.18. The highest BCUT2D eigenvalue weighted by Gasteiger charge is 2.34. The third-order valence-corrected chi connectivity index (χ3v) is 7.06. The summed E-state index contributed by atoms with van der Waals surface area (Å²) in [5.41, 5.74) is 1.35. The monoisotopic (exact) mass is 475 g/mol. The van der Waals surface area contributed by atoms with Crippen molar-refractivity contribution in [1.82, 2.24) is 4.90 Å². The number of amides is 1. The van der Waals surface area contributed by atoms with Crippen LogP contribution < -0.4 is 4.74 Å².